The Hall–Kier alpha value is -8.98. The lowest BCUT2D eigenvalue weighted by Crippen LogP contribution is -1.98. The van der Waals surface area contributed by atoms with Gasteiger partial charge < -0.3 is 9.13 Å². The van der Waals surface area contributed by atoms with E-state index in [1.165, 1.54) is 110 Å². The summed E-state index contributed by atoms with van der Waals surface area (Å²) in [6.45, 7) is 6.34. The van der Waals surface area contributed by atoms with E-state index in [2.05, 4.69) is 265 Å². The van der Waals surface area contributed by atoms with E-state index in [1.807, 2.05) is 6.08 Å². The monoisotopic (exact) mass is 878 g/mol. The van der Waals surface area contributed by atoms with Crippen molar-refractivity contribution in [3.05, 3.63) is 254 Å². The molecule has 0 aliphatic carbocycles. The Kier molecular flexibility index (Phi) is 9.59. The van der Waals surface area contributed by atoms with Crippen LogP contribution in [0.25, 0.3) is 133 Å². The second-order valence-corrected chi connectivity index (χ2v) is 18.0. The van der Waals surface area contributed by atoms with Gasteiger partial charge in [0.25, 0.3) is 0 Å². The Labute approximate surface area is 401 Å². The van der Waals surface area contributed by atoms with Gasteiger partial charge in [0, 0.05) is 44.2 Å². The normalized spacial score (nSPS) is 11.8. The lowest BCUT2D eigenvalue weighted by molar-refractivity contribution is 1.11. The third kappa shape index (κ3) is 6.48. The summed E-state index contributed by atoms with van der Waals surface area (Å²) >= 11 is 0. The first-order valence-electron chi connectivity index (χ1n) is 23.8. The lowest BCUT2D eigenvalue weighted by atomic mass is 9.89. The molecule has 69 heavy (non-hydrogen) atoms. The van der Waals surface area contributed by atoms with Crippen LogP contribution in [0.1, 0.15) is 18.2 Å². The molecule has 13 rings (SSSR count). The Bertz CT molecular complexity index is 4180. The van der Waals surface area contributed by atoms with Crippen LogP contribution >= 0.6 is 0 Å². The van der Waals surface area contributed by atoms with Crippen LogP contribution in [0.15, 0.2) is 243 Å². The Morgan fingerprint density at radius 3 is 1.33 bits per heavy atom. The molecule has 0 atom stereocenters. The molecule has 2 heteroatoms. The molecule has 0 amide bonds. The van der Waals surface area contributed by atoms with Crippen molar-refractivity contribution >= 4 is 77.2 Å². The van der Waals surface area contributed by atoms with Gasteiger partial charge in [-0.3, -0.25) is 0 Å². The first-order valence-corrected chi connectivity index (χ1v) is 23.8. The highest BCUT2D eigenvalue weighted by molar-refractivity contribution is 6.26. The third-order valence-corrected chi connectivity index (χ3v) is 14.2. The molecule has 0 saturated carbocycles. The summed E-state index contributed by atoms with van der Waals surface area (Å²) in [6, 6.07) is 84.6. The fourth-order valence-electron chi connectivity index (χ4n) is 11.1. The predicted molar refractivity (Wildman–Crippen MR) is 297 cm³/mol. The molecule has 0 unspecified atom stereocenters. The molecule has 13 aromatic rings. The molecule has 324 valence electrons. The highest BCUT2D eigenvalue weighted by Crippen LogP contribution is 2.43. The number of hydrogen-bond donors (Lipinski definition) is 0. The average Bonchev–Trinajstić information content (AvgIpc) is 3.94. The molecular weight excluding hydrogens is 833 g/mol. The van der Waals surface area contributed by atoms with Crippen LogP contribution in [0.2, 0.25) is 0 Å². The van der Waals surface area contributed by atoms with Crippen molar-refractivity contribution < 1.29 is 0 Å². The van der Waals surface area contributed by atoms with E-state index in [-0.39, 0.29) is 0 Å². The van der Waals surface area contributed by atoms with Crippen molar-refractivity contribution in [3.8, 4) is 55.9 Å². The molecule has 0 aliphatic rings. The van der Waals surface area contributed by atoms with Gasteiger partial charge in [-0.15, -0.1) is 0 Å². The molecule has 0 fully saturated rings. The van der Waals surface area contributed by atoms with E-state index in [9.17, 15) is 0 Å². The summed E-state index contributed by atoms with van der Waals surface area (Å²) in [5.41, 5.74) is 17.7. The second-order valence-electron chi connectivity index (χ2n) is 18.0. The van der Waals surface area contributed by atoms with Gasteiger partial charge in [-0.25, -0.2) is 0 Å². The van der Waals surface area contributed by atoms with Gasteiger partial charge in [0.15, 0.2) is 0 Å². The van der Waals surface area contributed by atoms with Gasteiger partial charge in [-0.1, -0.05) is 195 Å². The van der Waals surface area contributed by atoms with Crippen LogP contribution in [0.4, 0.5) is 0 Å². The predicted octanol–water partition coefficient (Wildman–Crippen LogP) is 18.5. The Balaban J connectivity index is 0.924. The number of hydrogen-bond acceptors (Lipinski definition) is 0. The van der Waals surface area contributed by atoms with E-state index < -0.39 is 0 Å². The Morgan fingerprint density at radius 2 is 0.768 bits per heavy atom. The lowest BCUT2D eigenvalue weighted by Gasteiger charge is -2.15. The highest BCUT2D eigenvalue weighted by Gasteiger charge is 2.20. The maximum absolute atomic E-state index is 4.26. The Morgan fingerprint density at radius 1 is 0.333 bits per heavy atom. The molecule has 0 spiro atoms. The molecule has 2 aromatic heterocycles. The van der Waals surface area contributed by atoms with E-state index in [4.69, 9.17) is 0 Å². The summed E-state index contributed by atoms with van der Waals surface area (Å²) in [4.78, 5) is 0. The zero-order valence-electron chi connectivity index (χ0n) is 38.3. The van der Waals surface area contributed by atoms with Gasteiger partial charge in [0.05, 0.1) is 22.2 Å². The van der Waals surface area contributed by atoms with Crippen molar-refractivity contribution in [2.45, 2.75) is 6.92 Å². The number of para-hydroxylation sites is 5. The van der Waals surface area contributed by atoms with E-state index in [0.29, 0.717) is 0 Å². The molecule has 0 N–H and O–H groups in total. The third-order valence-electron chi connectivity index (χ3n) is 14.2. The topological polar surface area (TPSA) is 9.86 Å². The summed E-state index contributed by atoms with van der Waals surface area (Å²) in [5.74, 6) is 0. The van der Waals surface area contributed by atoms with E-state index in [1.54, 1.807) is 0 Å². The maximum atomic E-state index is 4.26. The summed E-state index contributed by atoms with van der Waals surface area (Å²) in [5, 5.41) is 11.2. The van der Waals surface area contributed by atoms with Crippen LogP contribution in [0.5, 0.6) is 0 Å². The van der Waals surface area contributed by atoms with E-state index >= 15 is 0 Å². The number of nitrogens with zero attached hydrogens (tertiary/aromatic N) is 2. The van der Waals surface area contributed by atoms with E-state index in [0.717, 1.165) is 22.6 Å². The van der Waals surface area contributed by atoms with Gasteiger partial charge in [-0.2, -0.15) is 0 Å². The van der Waals surface area contributed by atoms with Crippen molar-refractivity contribution in [2.24, 2.45) is 0 Å². The van der Waals surface area contributed by atoms with Gasteiger partial charge in [0.1, 0.15) is 0 Å². The first-order chi connectivity index (χ1) is 34.2. The van der Waals surface area contributed by atoms with Crippen LogP contribution < -0.4 is 0 Å². The van der Waals surface area contributed by atoms with Crippen LogP contribution in [0.3, 0.4) is 0 Å². The van der Waals surface area contributed by atoms with Gasteiger partial charge in [0.2, 0.25) is 0 Å². The fourth-order valence-corrected chi connectivity index (χ4v) is 11.1. The molecule has 2 nitrogen and oxygen atoms in total. The summed E-state index contributed by atoms with van der Waals surface area (Å²) in [7, 11) is 0. The minimum atomic E-state index is 1.12. The molecule has 11 aromatic carbocycles. The van der Waals surface area contributed by atoms with Crippen LogP contribution in [-0.4, -0.2) is 9.13 Å². The smallest absolute Gasteiger partial charge is 0.0619 e. The minimum Gasteiger partial charge on any atom is -0.309 e. The number of fused-ring (bicyclic) bond motifs is 10. The molecule has 0 saturated heterocycles. The summed E-state index contributed by atoms with van der Waals surface area (Å²) < 4.78 is 4.81. The van der Waals surface area contributed by atoms with Crippen LogP contribution in [-0.2, 0) is 0 Å². The zero-order chi connectivity index (χ0) is 46.0. The summed E-state index contributed by atoms with van der Waals surface area (Å²) in [6.07, 6.45) is 6.30. The SMILES string of the molecule is C=Cc1c(/C=C\C)n(-c2ccccc2)c2c(-c3cccc(-c4ccc5c6ccc(-c7cccc(-c8cccc9c%10ccccc%10n(-c%10ccccc%10)c89)c7)cc6c6ccccc6c5c4)c3)cccc12. The minimum absolute atomic E-state index is 1.12. The van der Waals surface area contributed by atoms with Crippen molar-refractivity contribution in [3.63, 3.8) is 0 Å². The maximum Gasteiger partial charge on any atom is 0.0619 e. The molecule has 0 bridgehead atoms. The van der Waals surface area contributed by atoms with Crippen molar-refractivity contribution in [1.82, 2.24) is 9.13 Å². The van der Waals surface area contributed by atoms with Crippen molar-refractivity contribution in [1.29, 1.82) is 0 Å². The highest BCUT2D eigenvalue weighted by atomic mass is 15.0. The second kappa shape index (κ2) is 16.4. The van der Waals surface area contributed by atoms with Crippen molar-refractivity contribution in [2.75, 3.05) is 0 Å². The van der Waals surface area contributed by atoms with Gasteiger partial charge >= 0.3 is 0 Å². The average molecular weight is 879 g/mol. The number of benzene rings is 11. The largest absolute Gasteiger partial charge is 0.309 e. The fraction of sp³-hybridized carbons (Fsp3) is 0.0149. The standard InChI is InChI=1S/C67H46N2/c1-3-19-64-52(4-2)60-33-17-31-53(66(60)68(64)50-24-7-5-8-25-50)48-22-15-20-44(40-48)46-36-38-57-58-39-37-47(43-63(58)56-29-12-11-28-55(56)62(57)42-46)45-21-16-23-49(41-45)54-32-18-34-61-59-30-13-14-35-65(59)69(67(54)61)51-26-9-6-10-27-51/h3-43H,2H2,1H3/b19-3-. The zero-order valence-corrected chi connectivity index (χ0v) is 38.3. The molecule has 0 radical (unpaired) electrons. The quantitative estimate of drug-likeness (QED) is 0.135. The number of rotatable bonds is 8. The van der Waals surface area contributed by atoms with Crippen LogP contribution in [0, 0.1) is 0 Å². The number of aromatic nitrogens is 2. The molecule has 0 aliphatic heterocycles. The van der Waals surface area contributed by atoms with Gasteiger partial charge in [-0.05, 0) is 133 Å². The molecular formula is C67H46N2. The first kappa shape index (κ1) is 40.3. The number of allylic oxidation sites excluding steroid dienone is 1. The molecule has 2 heterocycles.